The van der Waals surface area contributed by atoms with Gasteiger partial charge in [-0.2, -0.15) is 0 Å². The molecule has 29 heavy (non-hydrogen) atoms. The number of anilines is 1. The van der Waals surface area contributed by atoms with Crippen molar-refractivity contribution in [3.05, 3.63) is 52.9 Å². The fraction of sp³-hybridized carbons (Fsp3) is 0.158. The van der Waals surface area contributed by atoms with Gasteiger partial charge in [0.15, 0.2) is 0 Å². The minimum atomic E-state index is -3.63. The van der Waals surface area contributed by atoms with E-state index in [-0.39, 0.29) is 6.61 Å². The number of sulfonamides is 1. The number of carbonyl (C=O) groups excluding carboxylic acids is 1. The molecule has 10 heteroatoms. The molecule has 0 radical (unpaired) electrons. The average molecular weight is 448 g/mol. The number of fused-ring (bicyclic) bond motifs is 1. The van der Waals surface area contributed by atoms with Crippen LogP contribution in [0.2, 0.25) is 0 Å². The van der Waals surface area contributed by atoms with Gasteiger partial charge in [0.05, 0.1) is 28.4 Å². The number of hydrogen-bond acceptors (Lipinski definition) is 7. The molecule has 0 aliphatic carbocycles. The van der Waals surface area contributed by atoms with Crippen LogP contribution in [0.4, 0.5) is 5.69 Å². The van der Waals surface area contributed by atoms with Gasteiger partial charge >= 0.3 is 0 Å². The lowest BCUT2D eigenvalue weighted by Gasteiger charge is -2.19. The Hall–Kier alpha value is -2.53. The normalized spacial score (nSPS) is 11.8. The average Bonchev–Trinajstić information content (AvgIpc) is 3.46. The Kier molecular flexibility index (Phi) is 5.50. The van der Waals surface area contributed by atoms with Crippen molar-refractivity contribution in [2.75, 3.05) is 18.0 Å². The molecule has 4 rings (SSSR count). The summed E-state index contributed by atoms with van der Waals surface area (Å²) in [5.41, 5.74) is 2.08. The van der Waals surface area contributed by atoms with Gasteiger partial charge in [0.2, 0.25) is 0 Å². The molecular formula is C19H17N3O4S3. The van der Waals surface area contributed by atoms with Crippen LogP contribution in [0.5, 0.6) is 0 Å². The van der Waals surface area contributed by atoms with Crippen molar-refractivity contribution in [3.63, 3.8) is 0 Å². The molecule has 3 heterocycles. The maximum absolute atomic E-state index is 12.9. The van der Waals surface area contributed by atoms with E-state index in [9.17, 15) is 13.2 Å². The standard InChI is InChI=1S/C19H17N3O4S3/c1-22(29(24,25)17-6-3-9-27-17)16-5-2-4-13-10-15(21-18(13)16)19-20-11-14(28-19)12-26-8-7-23/h2-7,9-11,21H,8,12H2,1H3. The summed E-state index contributed by atoms with van der Waals surface area (Å²) in [6.45, 7) is 0.373. The highest BCUT2D eigenvalue weighted by atomic mass is 32.2. The van der Waals surface area contributed by atoms with Gasteiger partial charge in [0.25, 0.3) is 10.0 Å². The van der Waals surface area contributed by atoms with Crippen molar-refractivity contribution in [1.29, 1.82) is 0 Å². The molecule has 7 nitrogen and oxygen atoms in total. The molecule has 1 aromatic carbocycles. The Balaban J connectivity index is 1.68. The van der Waals surface area contributed by atoms with Crippen LogP contribution in [0, 0.1) is 0 Å². The number of ether oxygens (including phenoxy) is 1. The third kappa shape index (κ3) is 3.84. The number of nitrogens with one attached hydrogen (secondary N) is 1. The van der Waals surface area contributed by atoms with E-state index in [1.165, 1.54) is 27.0 Å². The molecular weight excluding hydrogens is 430 g/mol. The topological polar surface area (TPSA) is 92.4 Å². The first-order valence-electron chi connectivity index (χ1n) is 8.61. The zero-order valence-corrected chi connectivity index (χ0v) is 17.8. The van der Waals surface area contributed by atoms with Gasteiger partial charge < -0.3 is 14.5 Å². The molecule has 0 aliphatic heterocycles. The number of H-pyrrole nitrogens is 1. The smallest absolute Gasteiger partial charge is 0.273 e. The van der Waals surface area contributed by atoms with E-state index < -0.39 is 10.0 Å². The van der Waals surface area contributed by atoms with Crippen molar-refractivity contribution >= 4 is 55.6 Å². The van der Waals surface area contributed by atoms with E-state index >= 15 is 0 Å². The summed E-state index contributed by atoms with van der Waals surface area (Å²) in [6.07, 6.45) is 2.42. The van der Waals surface area contributed by atoms with Crippen LogP contribution in [0.25, 0.3) is 21.6 Å². The van der Waals surface area contributed by atoms with E-state index in [2.05, 4.69) is 9.97 Å². The van der Waals surface area contributed by atoms with Crippen molar-refractivity contribution < 1.29 is 17.9 Å². The summed E-state index contributed by atoms with van der Waals surface area (Å²) in [5, 5.41) is 3.40. The molecule has 0 aliphatic rings. The van der Waals surface area contributed by atoms with Gasteiger partial charge in [-0.1, -0.05) is 18.2 Å². The molecule has 150 valence electrons. The molecule has 0 fully saturated rings. The van der Waals surface area contributed by atoms with Gasteiger partial charge in [-0.05, 0) is 23.6 Å². The molecule has 0 bridgehead atoms. The first-order valence-corrected chi connectivity index (χ1v) is 11.7. The molecule has 0 saturated carbocycles. The predicted octanol–water partition coefficient (Wildman–Crippen LogP) is 3.89. The summed E-state index contributed by atoms with van der Waals surface area (Å²) >= 11 is 2.65. The fourth-order valence-electron chi connectivity index (χ4n) is 2.90. The summed E-state index contributed by atoms with van der Waals surface area (Å²) in [7, 11) is -2.08. The van der Waals surface area contributed by atoms with Crippen LogP contribution >= 0.6 is 22.7 Å². The molecule has 4 aromatic rings. The lowest BCUT2D eigenvalue weighted by Crippen LogP contribution is -2.26. The van der Waals surface area contributed by atoms with Gasteiger partial charge in [0.1, 0.15) is 22.1 Å². The molecule has 3 aromatic heterocycles. The number of carbonyl (C=O) groups is 1. The molecule has 0 saturated heterocycles. The minimum absolute atomic E-state index is 0.0496. The monoisotopic (exact) mass is 447 g/mol. The maximum Gasteiger partial charge on any atom is 0.273 e. The third-order valence-electron chi connectivity index (χ3n) is 4.30. The second-order valence-corrected chi connectivity index (χ2v) is 10.4. The Bertz CT molecular complexity index is 1240. The Labute approximate surface area is 175 Å². The second-order valence-electron chi connectivity index (χ2n) is 6.14. The lowest BCUT2D eigenvalue weighted by atomic mass is 10.2. The Morgan fingerprint density at radius 2 is 2.14 bits per heavy atom. The van der Waals surface area contributed by atoms with Gasteiger partial charge in [-0.15, -0.1) is 22.7 Å². The Morgan fingerprint density at radius 3 is 2.90 bits per heavy atom. The second kappa shape index (κ2) is 8.07. The quantitative estimate of drug-likeness (QED) is 0.327. The number of hydrogen-bond donors (Lipinski definition) is 1. The molecule has 0 atom stereocenters. The number of benzene rings is 1. The largest absolute Gasteiger partial charge is 0.368 e. The van der Waals surface area contributed by atoms with E-state index in [0.717, 1.165) is 26.5 Å². The number of para-hydroxylation sites is 1. The van der Waals surface area contributed by atoms with E-state index in [4.69, 9.17) is 4.74 Å². The highest BCUT2D eigenvalue weighted by molar-refractivity contribution is 7.94. The number of thiazole rings is 1. The number of aldehydes is 1. The van der Waals surface area contributed by atoms with Crippen LogP contribution in [0.3, 0.4) is 0 Å². The first-order chi connectivity index (χ1) is 14.0. The molecule has 0 amide bonds. The SMILES string of the molecule is CN(c1cccc2cc(-c3ncc(COCC=O)s3)[nH]c12)S(=O)(=O)c1cccs1. The number of thiophene rings is 1. The molecule has 0 unspecified atom stereocenters. The van der Waals surface area contributed by atoms with Crippen LogP contribution in [-0.2, 0) is 26.2 Å². The molecule has 1 N–H and O–H groups in total. The summed E-state index contributed by atoms with van der Waals surface area (Å²) < 4.78 is 32.6. The summed E-state index contributed by atoms with van der Waals surface area (Å²) in [5.74, 6) is 0. The van der Waals surface area contributed by atoms with Gasteiger partial charge in [0, 0.05) is 18.6 Å². The first kappa shape index (κ1) is 19.8. The zero-order valence-electron chi connectivity index (χ0n) is 15.4. The minimum Gasteiger partial charge on any atom is -0.368 e. The highest BCUT2D eigenvalue weighted by Crippen LogP contribution is 2.34. The van der Waals surface area contributed by atoms with E-state index in [1.54, 1.807) is 36.8 Å². The van der Waals surface area contributed by atoms with Gasteiger partial charge in [-0.25, -0.2) is 13.4 Å². The number of aromatic nitrogens is 2. The predicted molar refractivity (Wildman–Crippen MR) is 115 cm³/mol. The van der Waals surface area contributed by atoms with Gasteiger partial charge in [-0.3, -0.25) is 4.31 Å². The number of rotatable bonds is 8. The number of nitrogens with zero attached hydrogens (tertiary/aromatic N) is 2. The van der Waals surface area contributed by atoms with Crippen LogP contribution < -0.4 is 4.31 Å². The highest BCUT2D eigenvalue weighted by Gasteiger charge is 2.24. The zero-order chi connectivity index (χ0) is 20.4. The van der Waals surface area contributed by atoms with Crippen molar-refractivity contribution in [2.45, 2.75) is 10.8 Å². The van der Waals surface area contributed by atoms with Crippen LogP contribution in [0.15, 0.2) is 52.2 Å². The van der Waals surface area contributed by atoms with E-state index in [1.807, 2.05) is 18.2 Å². The summed E-state index contributed by atoms with van der Waals surface area (Å²) in [6, 6.07) is 10.8. The van der Waals surface area contributed by atoms with E-state index in [0.29, 0.717) is 22.8 Å². The van der Waals surface area contributed by atoms with Crippen molar-refractivity contribution in [1.82, 2.24) is 9.97 Å². The maximum atomic E-state index is 12.9. The van der Waals surface area contributed by atoms with Crippen molar-refractivity contribution in [3.8, 4) is 10.7 Å². The fourth-order valence-corrected chi connectivity index (χ4v) is 6.09. The summed E-state index contributed by atoms with van der Waals surface area (Å²) in [4.78, 5) is 19.0. The van der Waals surface area contributed by atoms with Crippen LogP contribution in [-0.4, -0.2) is 38.3 Å². The molecule has 0 spiro atoms. The Morgan fingerprint density at radius 1 is 1.28 bits per heavy atom. The number of aromatic amines is 1. The van der Waals surface area contributed by atoms with Crippen molar-refractivity contribution in [2.24, 2.45) is 0 Å². The lowest BCUT2D eigenvalue weighted by molar-refractivity contribution is -0.112. The van der Waals surface area contributed by atoms with Crippen LogP contribution in [0.1, 0.15) is 4.88 Å². The third-order valence-corrected chi connectivity index (χ3v) is 8.45.